The molecule has 11 heteroatoms. The number of nitrogens with one attached hydrogen (secondary N) is 2. The first kappa shape index (κ1) is 20.8. The van der Waals surface area contributed by atoms with Crippen molar-refractivity contribution in [2.75, 3.05) is 12.4 Å². The molecule has 4 rings (SSSR count). The summed E-state index contributed by atoms with van der Waals surface area (Å²) in [6.07, 6.45) is 3.04. The second-order valence-electron chi connectivity index (χ2n) is 6.67. The van der Waals surface area contributed by atoms with Gasteiger partial charge in [0.05, 0.1) is 35.5 Å². The molecule has 2 amide bonds. The monoisotopic (exact) mass is 442 g/mol. The molecule has 0 saturated heterocycles. The van der Waals surface area contributed by atoms with Crippen molar-refractivity contribution in [3.8, 4) is 5.69 Å². The van der Waals surface area contributed by atoms with E-state index in [9.17, 15) is 14.0 Å². The zero-order valence-corrected chi connectivity index (χ0v) is 17.6. The van der Waals surface area contributed by atoms with E-state index in [2.05, 4.69) is 25.7 Å². The van der Waals surface area contributed by atoms with Gasteiger partial charge >= 0.3 is 12.0 Å². The number of esters is 1. The van der Waals surface area contributed by atoms with Crippen LogP contribution in [0.3, 0.4) is 0 Å². The van der Waals surface area contributed by atoms with E-state index in [1.54, 1.807) is 36.9 Å². The average molecular weight is 442 g/mol. The maximum atomic E-state index is 13.2. The van der Waals surface area contributed by atoms with Crippen molar-refractivity contribution in [1.82, 2.24) is 30.4 Å². The van der Waals surface area contributed by atoms with Gasteiger partial charge in [0.1, 0.15) is 17.2 Å². The van der Waals surface area contributed by atoms with E-state index < -0.39 is 12.0 Å². The Kier molecular flexibility index (Phi) is 5.85. The van der Waals surface area contributed by atoms with Crippen LogP contribution in [0, 0.1) is 5.82 Å². The number of fused-ring (bicyclic) bond motifs is 1. The number of rotatable bonds is 6. The number of aromatic nitrogens is 4. The van der Waals surface area contributed by atoms with Gasteiger partial charge in [-0.15, -0.1) is 0 Å². The van der Waals surface area contributed by atoms with Gasteiger partial charge in [-0.1, -0.05) is 11.8 Å². The average Bonchev–Trinajstić information content (AvgIpc) is 3.17. The molecule has 0 radical (unpaired) electrons. The second kappa shape index (κ2) is 8.72. The molecule has 160 valence electrons. The lowest BCUT2D eigenvalue weighted by Crippen LogP contribution is -2.49. The number of halogens is 1. The highest BCUT2D eigenvalue weighted by atomic mass is 32.2. The molecule has 0 bridgehead atoms. The summed E-state index contributed by atoms with van der Waals surface area (Å²) in [5, 5.41) is 11.1. The Morgan fingerprint density at radius 1 is 1.29 bits per heavy atom. The minimum atomic E-state index is -0.477. The van der Waals surface area contributed by atoms with Crippen LogP contribution in [0.1, 0.15) is 13.8 Å². The Bertz CT molecular complexity index is 1180. The van der Waals surface area contributed by atoms with Gasteiger partial charge < -0.3 is 15.4 Å². The summed E-state index contributed by atoms with van der Waals surface area (Å²) in [5.41, 5.74) is 2.07. The highest BCUT2D eigenvalue weighted by Crippen LogP contribution is 2.28. The summed E-state index contributed by atoms with van der Waals surface area (Å²) in [7, 11) is 0. The molecule has 1 aromatic carbocycles. The molecule has 0 fully saturated rings. The van der Waals surface area contributed by atoms with Crippen LogP contribution in [0.5, 0.6) is 0 Å². The molecule has 1 aliphatic rings. The predicted molar refractivity (Wildman–Crippen MR) is 112 cm³/mol. The molecule has 1 atom stereocenters. The van der Waals surface area contributed by atoms with Crippen molar-refractivity contribution in [1.29, 1.82) is 0 Å². The minimum absolute atomic E-state index is 0.235. The van der Waals surface area contributed by atoms with Crippen LogP contribution in [-0.4, -0.2) is 50.2 Å². The Labute approximate surface area is 181 Å². The van der Waals surface area contributed by atoms with Crippen LogP contribution >= 0.6 is 11.8 Å². The number of hydrogen-bond donors (Lipinski definition) is 2. The number of hydrogen-bond acceptors (Lipinski definition) is 7. The SMILES string of the molecule is CCOC(=O)C1=C(CSc2ncnc3c2cnn3-c2ccc(F)cc2)NC(=O)N[C@H]1C. The summed E-state index contributed by atoms with van der Waals surface area (Å²) >= 11 is 1.34. The molecule has 3 aromatic rings. The van der Waals surface area contributed by atoms with Gasteiger partial charge in [-0.25, -0.2) is 28.6 Å². The first-order valence-corrected chi connectivity index (χ1v) is 10.5. The third-order valence-electron chi connectivity index (χ3n) is 4.62. The number of carbonyl (C=O) groups is 2. The number of amides is 2. The van der Waals surface area contributed by atoms with E-state index in [-0.39, 0.29) is 18.5 Å². The minimum Gasteiger partial charge on any atom is -0.463 e. The fourth-order valence-corrected chi connectivity index (χ4v) is 4.17. The molecule has 0 spiro atoms. The van der Waals surface area contributed by atoms with E-state index in [0.717, 1.165) is 0 Å². The highest BCUT2D eigenvalue weighted by Gasteiger charge is 2.29. The first-order chi connectivity index (χ1) is 15.0. The van der Waals surface area contributed by atoms with Gasteiger partial charge in [0.15, 0.2) is 5.65 Å². The first-order valence-electron chi connectivity index (χ1n) is 9.53. The van der Waals surface area contributed by atoms with Crippen LogP contribution in [0.2, 0.25) is 0 Å². The molecule has 9 nitrogen and oxygen atoms in total. The highest BCUT2D eigenvalue weighted by molar-refractivity contribution is 7.99. The number of benzene rings is 1. The van der Waals surface area contributed by atoms with Crippen LogP contribution < -0.4 is 10.6 Å². The molecule has 2 aromatic heterocycles. The normalized spacial score (nSPS) is 16.2. The smallest absolute Gasteiger partial charge is 0.337 e. The predicted octanol–water partition coefficient (Wildman–Crippen LogP) is 2.57. The molecule has 3 heterocycles. The summed E-state index contributed by atoms with van der Waals surface area (Å²) in [4.78, 5) is 33.0. The van der Waals surface area contributed by atoms with Crippen molar-refractivity contribution >= 4 is 34.8 Å². The van der Waals surface area contributed by atoms with E-state index >= 15 is 0 Å². The lowest BCUT2D eigenvalue weighted by atomic mass is 10.1. The standard InChI is InChI=1S/C20H19FN6O3S/c1-3-30-19(28)16-11(2)25-20(29)26-15(16)9-31-18-14-8-24-27(17(14)22-10-23-18)13-6-4-12(21)5-7-13/h4-8,10-11H,3,9H2,1-2H3,(H2,25,26,29)/t11-/m0/s1. The topological polar surface area (TPSA) is 111 Å². The molecule has 2 N–H and O–H groups in total. The van der Waals surface area contributed by atoms with Gasteiger partial charge in [-0.2, -0.15) is 5.10 Å². The summed E-state index contributed by atoms with van der Waals surface area (Å²) in [6.45, 7) is 3.69. The molecule has 0 unspecified atom stereocenters. The summed E-state index contributed by atoms with van der Waals surface area (Å²) in [6, 6.07) is 5.06. The van der Waals surface area contributed by atoms with Crippen LogP contribution in [0.4, 0.5) is 9.18 Å². The Hall–Kier alpha value is -3.47. The van der Waals surface area contributed by atoms with Crippen LogP contribution in [-0.2, 0) is 9.53 Å². The summed E-state index contributed by atoms with van der Waals surface area (Å²) in [5.74, 6) is -0.523. The van der Waals surface area contributed by atoms with E-state index in [1.165, 1.54) is 30.2 Å². The fraction of sp³-hybridized carbons (Fsp3) is 0.250. The Morgan fingerprint density at radius 3 is 2.81 bits per heavy atom. The van der Waals surface area contributed by atoms with E-state index in [4.69, 9.17) is 4.74 Å². The number of ether oxygens (including phenoxy) is 1. The van der Waals surface area contributed by atoms with E-state index in [1.807, 2.05) is 0 Å². The van der Waals surface area contributed by atoms with Crippen LogP contribution in [0.15, 0.2) is 53.1 Å². The maximum absolute atomic E-state index is 13.2. The molecule has 31 heavy (non-hydrogen) atoms. The van der Waals surface area contributed by atoms with Gasteiger partial charge in [-0.05, 0) is 38.1 Å². The zero-order valence-electron chi connectivity index (χ0n) is 16.8. The van der Waals surface area contributed by atoms with Gasteiger partial charge in [0.25, 0.3) is 0 Å². The number of nitrogens with zero attached hydrogens (tertiary/aromatic N) is 4. The van der Waals surface area contributed by atoms with Crippen LogP contribution in [0.25, 0.3) is 16.7 Å². The summed E-state index contributed by atoms with van der Waals surface area (Å²) < 4.78 is 20.0. The van der Waals surface area contributed by atoms with Gasteiger partial charge in [0, 0.05) is 11.4 Å². The third-order valence-corrected chi connectivity index (χ3v) is 5.65. The van der Waals surface area contributed by atoms with E-state index in [0.29, 0.717) is 38.8 Å². The van der Waals surface area contributed by atoms with Crippen molar-refractivity contribution in [3.05, 3.63) is 53.9 Å². The van der Waals surface area contributed by atoms with Crippen molar-refractivity contribution in [2.45, 2.75) is 24.9 Å². The number of thioether (sulfide) groups is 1. The van der Waals surface area contributed by atoms with Gasteiger partial charge in [-0.3, -0.25) is 0 Å². The zero-order chi connectivity index (χ0) is 22.0. The molecule has 0 saturated carbocycles. The Morgan fingerprint density at radius 2 is 2.06 bits per heavy atom. The van der Waals surface area contributed by atoms with Crippen molar-refractivity contribution < 1.29 is 18.7 Å². The quantitative estimate of drug-likeness (QED) is 0.343. The molecular weight excluding hydrogens is 423 g/mol. The largest absolute Gasteiger partial charge is 0.463 e. The molecule has 1 aliphatic heterocycles. The lowest BCUT2D eigenvalue weighted by Gasteiger charge is -2.26. The second-order valence-corrected chi connectivity index (χ2v) is 7.63. The molecular formula is C20H19FN6O3S. The number of urea groups is 1. The number of carbonyl (C=O) groups excluding carboxylic acids is 2. The maximum Gasteiger partial charge on any atom is 0.337 e. The van der Waals surface area contributed by atoms with Crippen molar-refractivity contribution in [2.24, 2.45) is 0 Å². The molecule has 0 aliphatic carbocycles. The third kappa shape index (κ3) is 4.22. The lowest BCUT2D eigenvalue weighted by molar-refractivity contribution is -0.138. The van der Waals surface area contributed by atoms with Crippen molar-refractivity contribution in [3.63, 3.8) is 0 Å². The fourth-order valence-electron chi connectivity index (χ4n) is 3.24. The Balaban J connectivity index is 1.64. The van der Waals surface area contributed by atoms with Gasteiger partial charge in [0.2, 0.25) is 0 Å².